The lowest BCUT2D eigenvalue weighted by atomic mass is 10.1. The van der Waals surface area contributed by atoms with Crippen LogP contribution in [0.25, 0.3) is 5.82 Å². The fourth-order valence-corrected chi connectivity index (χ4v) is 3.04. The lowest BCUT2D eigenvalue weighted by Gasteiger charge is -2.16. The molecule has 0 aliphatic heterocycles. The van der Waals surface area contributed by atoms with Crippen molar-refractivity contribution < 1.29 is 26.7 Å². The van der Waals surface area contributed by atoms with Crippen LogP contribution in [-0.2, 0) is 14.6 Å². The van der Waals surface area contributed by atoms with Gasteiger partial charge in [0.1, 0.15) is 11.5 Å². The molecule has 0 aromatic carbocycles. The molecule has 0 bridgehead atoms. The van der Waals surface area contributed by atoms with Gasteiger partial charge >= 0.3 is 0 Å². The molecule has 0 amide bonds. The number of Topliss-reactive ketones (excluding diaryl/α,β-unsaturated/α-hetero) is 1. The van der Waals surface area contributed by atoms with Gasteiger partial charge in [-0.2, -0.15) is 9.78 Å². The maximum Gasteiger partial charge on any atom is 0.282 e. The summed E-state index contributed by atoms with van der Waals surface area (Å²) < 4.78 is 56.1. The van der Waals surface area contributed by atoms with Gasteiger partial charge in [-0.05, 0) is 26.0 Å². The number of aromatic nitrogens is 3. The van der Waals surface area contributed by atoms with Crippen LogP contribution in [0.3, 0.4) is 0 Å². The number of halogens is 2. The minimum atomic E-state index is -3.47. The Labute approximate surface area is 155 Å². The van der Waals surface area contributed by atoms with Crippen LogP contribution in [0.1, 0.15) is 36.3 Å². The molecule has 2 heterocycles. The Morgan fingerprint density at radius 2 is 2.04 bits per heavy atom. The van der Waals surface area contributed by atoms with E-state index in [1.807, 2.05) is 0 Å². The summed E-state index contributed by atoms with van der Waals surface area (Å²) in [4.78, 5) is 16.0. The van der Waals surface area contributed by atoms with Crippen molar-refractivity contribution in [3.8, 4) is 5.82 Å². The van der Waals surface area contributed by atoms with Gasteiger partial charge in [-0.15, -0.1) is 0 Å². The number of pyridine rings is 1. The number of alkyl halides is 2. The molecule has 0 saturated heterocycles. The van der Waals surface area contributed by atoms with Gasteiger partial charge in [0, 0.05) is 25.6 Å². The number of anilines is 1. The zero-order valence-corrected chi connectivity index (χ0v) is 16.0. The van der Waals surface area contributed by atoms with E-state index < -0.39 is 27.7 Å². The van der Waals surface area contributed by atoms with Gasteiger partial charge in [0.2, 0.25) is 0 Å². The number of methoxy groups -OCH3 is 1. The van der Waals surface area contributed by atoms with Crippen molar-refractivity contribution in [1.29, 1.82) is 0 Å². The van der Waals surface area contributed by atoms with E-state index in [1.165, 1.54) is 26.2 Å². The van der Waals surface area contributed by atoms with E-state index in [-0.39, 0.29) is 34.7 Å². The summed E-state index contributed by atoms with van der Waals surface area (Å²) in [5, 5.41) is 6.78. The van der Waals surface area contributed by atoms with E-state index in [0.29, 0.717) is 0 Å². The Morgan fingerprint density at radius 3 is 2.48 bits per heavy atom. The third kappa shape index (κ3) is 4.66. The first-order valence-electron chi connectivity index (χ1n) is 7.90. The number of nitrogens with one attached hydrogen (secondary N) is 1. The molecule has 1 atom stereocenters. The van der Waals surface area contributed by atoms with Gasteiger partial charge in [-0.3, -0.25) is 4.79 Å². The maximum absolute atomic E-state index is 13.4. The number of sulfone groups is 1. The highest BCUT2D eigenvalue weighted by atomic mass is 32.2. The van der Waals surface area contributed by atoms with Gasteiger partial charge in [0.05, 0.1) is 17.1 Å². The van der Waals surface area contributed by atoms with E-state index >= 15 is 0 Å². The van der Waals surface area contributed by atoms with Crippen LogP contribution >= 0.6 is 0 Å². The normalized spacial score (nSPS) is 13.0. The number of carbonyl (C=O) groups is 1. The van der Waals surface area contributed by atoms with Gasteiger partial charge in [-0.1, -0.05) is 0 Å². The number of hydrogen-bond donors (Lipinski definition) is 1. The largest absolute Gasteiger partial charge is 0.383 e. The second kappa shape index (κ2) is 8.09. The van der Waals surface area contributed by atoms with Gasteiger partial charge in [0.15, 0.2) is 21.4 Å². The van der Waals surface area contributed by atoms with E-state index in [0.717, 1.165) is 17.1 Å². The molecule has 0 aliphatic carbocycles. The molecule has 2 aromatic rings. The standard InChI is InChI=1S/C16H20F2N4O4S/c1-9(8-26-3)20-16-13(10(2)23)14(15(17)18)21-22(16)12-6-5-11(7-19-12)27(4,24)25/h5-7,9,15,20H,8H2,1-4H3. The van der Waals surface area contributed by atoms with Crippen molar-refractivity contribution in [2.45, 2.75) is 31.2 Å². The van der Waals surface area contributed by atoms with Crippen LogP contribution in [-0.4, -0.2) is 55.0 Å². The summed E-state index contributed by atoms with van der Waals surface area (Å²) in [5.41, 5.74) is -0.925. The Kier molecular flexibility index (Phi) is 6.26. The van der Waals surface area contributed by atoms with Crippen LogP contribution in [0.5, 0.6) is 0 Å². The molecule has 0 aliphatic rings. The first kappa shape index (κ1) is 20.9. The summed E-state index contributed by atoms with van der Waals surface area (Å²) in [7, 11) is -1.98. The predicted octanol–water partition coefficient (Wildman–Crippen LogP) is 2.26. The number of ketones is 1. The van der Waals surface area contributed by atoms with Crippen LogP contribution in [0.15, 0.2) is 23.2 Å². The van der Waals surface area contributed by atoms with E-state index in [2.05, 4.69) is 15.4 Å². The predicted molar refractivity (Wildman–Crippen MR) is 94.4 cm³/mol. The summed E-state index contributed by atoms with van der Waals surface area (Å²) in [6.07, 6.45) is -0.844. The Balaban J connectivity index is 2.63. The van der Waals surface area contributed by atoms with E-state index in [9.17, 15) is 22.0 Å². The number of nitrogens with zero attached hydrogens (tertiary/aromatic N) is 3. The first-order valence-corrected chi connectivity index (χ1v) is 9.79. The summed E-state index contributed by atoms with van der Waals surface area (Å²) in [5.74, 6) is -0.456. The second-order valence-corrected chi connectivity index (χ2v) is 8.02. The van der Waals surface area contributed by atoms with Crippen LogP contribution < -0.4 is 5.32 Å². The maximum atomic E-state index is 13.4. The molecule has 2 aromatic heterocycles. The number of hydrogen-bond acceptors (Lipinski definition) is 7. The first-order chi connectivity index (χ1) is 12.6. The molecule has 11 heteroatoms. The van der Waals surface area contributed by atoms with Crippen molar-refractivity contribution in [3.63, 3.8) is 0 Å². The van der Waals surface area contributed by atoms with Crippen molar-refractivity contribution in [2.75, 3.05) is 25.3 Å². The lowest BCUT2D eigenvalue weighted by Crippen LogP contribution is -2.24. The zero-order valence-electron chi connectivity index (χ0n) is 15.2. The van der Waals surface area contributed by atoms with Crippen molar-refractivity contribution in [2.24, 2.45) is 0 Å². The zero-order chi connectivity index (χ0) is 20.4. The SMILES string of the molecule is COCC(C)Nc1c(C(C)=O)c(C(F)F)nn1-c1ccc(S(C)(=O)=O)cn1. The van der Waals surface area contributed by atoms with Gasteiger partial charge < -0.3 is 10.1 Å². The summed E-state index contributed by atoms with van der Waals surface area (Å²) in [6.45, 7) is 3.17. The summed E-state index contributed by atoms with van der Waals surface area (Å²) >= 11 is 0. The average Bonchev–Trinajstić information content (AvgIpc) is 2.94. The number of ether oxygens (including phenoxy) is 1. The molecule has 1 N–H and O–H groups in total. The van der Waals surface area contributed by atoms with Gasteiger partial charge in [0.25, 0.3) is 6.43 Å². The Morgan fingerprint density at radius 1 is 1.37 bits per heavy atom. The number of carbonyl (C=O) groups excluding carboxylic acids is 1. The molecule has 8 nitrogen and oxygen atoms in total. The topological polar surface area (TPSA) is 103 Å². The van der Waals surface area contributed by atoms with Gasteiger partial charge in [-0.25, -0.2) is 22.2 Å². The fraction of sp³-hybridized carbons (Fsp3) is 0.438. The highest BCUT2D eigenvalue weighted by molar-refractivity contribution is 7.90. The van der Waals surface area contributed by atoms with Crippen molar-refractivity contribution in [3.05, 3.63) is 29.6 Å². The molecule has 148 valence electrons. The minimum Gasteiger partial charge on any atom is -0.383 e. The third-order valence-corrected chi connectivity index (χ3v) is 4.73. The van der Waals surface area contributed by atoms with Crippen LogP contribution in [0, 0.1) is 0 Å². The molecule has 0 radical (unpaired) electrons. The molecule has 27 heavy (non-hydrogen) atoms. The van der Waals surface area contributed by atoms with Crippen LogP contribution in [0.2, 0.25) is 0 Å². The molecule has 0 fully saturated rings. The third-order valence-electron chi connectivity index (χ3n) is 3.64. The lowest BCUT2D eigenvalue weighted by molar-refractivity contribution is 0.0998. The highest BCUT2D eigenvalue weighted by Gasteiger charge is 2.28. The Hall–Kier alpha value is -2.40. The monoisotopic (exact) mass is 402 g/mol. The smallest absolute Gasteiger partial charge is 0.282 e. The summed E-state index contributed by atoms with van der Waals surface area (Å²) in [6, 6.07) is 2.30. The quantitative estimate of drug-likeness (QED) is 0.676. The molecule has 1 unspecified atom stereocenters. The molecule has 0 saturated carbocycles. The molecule has 2 rings (SSSR count). The van der Waals surface area contributed by atoms with Crippen LogP contribution in [0.4, 0.5) is 14.6 Å². The van der Waals surface area contributed by atoms with E-state index in [1.54, 1.807) is 6.92 Å². The average molecular weight is 402 g/mol. The molecular formula is C16H20F2N4O4S. The number of rotatable bonds is 8. The second-order valence-electron chi connectivity index (χ2n) is 6.00. The minimum absolute atomic E-state index is 0.0264. The van der Waals surface area contributed by atoms with Crippen molar-refractivity contribution in [1.82, 2.24) is 14.8 Å². The molecular weight excluding hydrogens is 382 g/mol. The van der Waals surface area contributed by atoms with E-state index in [4.69, 9.17) is 4.74 Å². The molecule has 0 spiro atoms. The van der Waals surface area contributed by atoms with Crippen molar-refractivity contribution >= 4 is 21.4 Å². The fourth-order valence-electron chi connectivity index (χ4n) is 2.48. The Bertz CT molecular complexity index is 927. The highest BCUT2D eigenvalue weighted by Crippen LogP contribution is 2.31.